The van der Waals surface area contributed by atoms with Crippen molar-refractivity contribution in [1.29, 1.82) is 0 Å². The molecule has 0 spiro atoms. The topological polar surface area (TPSA) is 12.4 Å². The van der Waals surface area contributed by atoms with Gasteiger partial charge < -0.3 is 0 Å². The van der Waals surface area contributed by atoms with Crippen molar-refractivity contribution in [2.45, 2.75) is 6.42 Å². The summed E-state index contributed by atoms with van der Waals surface area (Å²) in [7, 11) is 0. The van der Waals surface area contributed by atoms with Gasteiger partial charge in [0.2, 0.25) is 0 Å². The van der Waals surface area contributed by atoms with Gasteiger partial charge in [-0.15, -0.1) is 0 Å². The predicted octanol–water partition coefficient (Wildman–Crippen LogP) is 3.99. The minimum Gasteiger partial charge on any atom is -0.256 e. The van der Waals surface area contributed by atoms with Crippen LogP contribution < -0.4 is 0 Å². The Morgan fingerprint density at radius 2 is 1.94 bits per heavy atom. The minimum absolute atomic E-state index is 1.10. The second-order valence-electron chi connectivity index (χ2n) is 4.50. The highest BCUT2D eigenvalue weighted by Gasteiger charge is 2.25. The Hall–Kier alpha value is -2.15. The lowest BCUT2D eigenvalue weighted by Gasteiger charge is -2.10. The van der Waals surface area contributed by atoms with E-state index < -0.39 is 0 Å². The summed E-state index contributed by atoms with van der Waals surface area (Å²) < 4.78 is 0. The molecule has 1 heterocycles. The molecule has 0 aromatic heterocycles. The van der Waals surface area contributed by atoms with E-state index in [4.69, 9.17) is 0 Å². The number of allylic oxidation sites excluding steroid dienone is 1. The monoisotopic (exact) mass is 217 g/mol. The molecule has 17 heavy (non-hydrogen) atoms. The highest BCUT2D eigenvalue weighted by molar-refractivity contribution is 5.94. The minimum atomic E-state index is 1.10. The third kappa shape index (κ3) is 1.29. The molecule has 0 N–H and O–H groups in total. The van der Waals surface area contributed by atoms with Crippen molar-refractivity contribution in [2.75, 3.05) is 0 Å². The number of hydrogen-bond acceptors (Lipinski definition) is 1. The molecular weight excluding hydrogens is 206 g/mol. The summed E-state index contributed by atoms with van der Waals surface area (Å²) in [6.45, 7) is 0. The van der Waals surface area contributed by atoms with Crippen molar-refractivity contribution >= 4 is 18.0 Å². The van der Waals surface area contributed by atoms with Gasteiger partial charge in [0.1, 0.15) is 0 Å². The van der Waals surface area contributed by atoms with Gasteiger partial charge in [0.25, 0.3) is 0 Å². The van der Waals surface area contributed by atoms with E-state index in [2.05, 4.69) is 47.5 Å². The first-order valence-electron chi connectivity index (χ1n) is 5.88. The Labute approximate surface area is 100 Å². The molecule has 2 aromatic rings. The SMILES string of the molecule is C1=Cc2ccccc2-c2c(ccc3c2C3)N=C1. The Bertz CT molecular complexity index is 678. The van der Waals surface area contributed by atoms with Crippen LogP contribution in [0.15, 0.2) is 47.5 Å². The summed E-state index contributed by atoms with van der Waals surface area (Å²) in [5, 5.41) is 0. The fourth-order valence-electron chi connectivity index (χ4n) is 2.52. The Kier molecular flexibility index (Phi) is 1.67. The van der Waals surface area contributed by atoms with Crippen LogP contribution in [0.5, 0.6) is 0 Å². The van der Waals surface area contributed by atoms with Crippen molar-refractivity contribution in [3.8, 4) is 11.1 Å². The lowest BCUT2D eigenvalue weighted by atomic mass is 9.97. The molecule has 0 bridgehead atoms. The van der Waals surface area contributed by atoms with Gasteiger partial charge >= 0.3 is 0 Å². The maximum absolute atomic E-state index is 4.53. The molecular formula is C16H11N. The van der Waals surface area contributed by atoms with Crippen molar-refractivity contribution in [1.82, 2.24) is 0 Å². The molecule has 0 amide bonds. The normalized spacial score (nSPS) is 14.4. The molecule has 0 saturated heterocycles. The average molecular weight is 217 g/mol. The standard InChI is InChI=1S/C16H11N/c1-2-6-13-11(4-1)5-3-9-17-15-8-7-12-10-14(12)16(13)15/h1-9H,10H2. The van der Waals surface area contributed by atoms with E-state index in [1.165, 1.54) is 27.8 Å². The fraction of sp³-hybridized carbons (Fsp3) is 0.0625. The van der Waals surface area contributed by atoms with E-state index in [0.29, 0.717) is 0 Å². The molecule has 0 radical (unpaired) electrons. The first kappa shape index (κ1) is 8.94. The lowest BCUT2D eigenvalue weighted by molar-refractivity contribution is 1.50. The molecule has 1 aliphatic heterocycles. The molecule has 0 fully saturated rings. The Morgan fingerprint density at radius 3 is 2.94 bits per heavy atom. The molecule has 1 heteroatoms. The predicted molar refractivity (Wildman–Crippen MR) is 71.9 cm³/mol. The van der Waals surface area contributed by atoms with E-state index in [1.807, 2.05) is 12.3 Å². The molecule has 2 aromatic carbocycles. The first-order chi connectivity index (χ1) is 8.43. The van der Waals surface area contributed by atoms with Gasteiger partial charge in [-0.25, -0.2) is 0 Å². The van der Waals surface area contributed by atoms with E-state index in [1.54, 1.807) is 0 Å². The summed E-state index contributed by atoms with van der Waals surface area (Å²) in [6, 6.07) is 12.9. The van der Waals surface area contributed by atoms with Crippen molar-refractivity contribution in [2.24, 2.45) is 4.99 Å². The van der Waals surface area contributed by atoms with Gasteiger partial charge in [0.05, 0.1) is 5.69 Å². The zero-order chi connectivity index (χ0) is 11.2. The maximum atomic E-state index is 4.53. The molecule has 0 atom stereocenters. The van der Waals surface area contributed by atoms with Gasteiger partial charge in [-0.05, 0) is 40.8 Å². The van der Waals surface area contributed by atoms with E-state index >= 15 is 0 Å². The average Bonchev–Trinajstić information content (AvgIpc) is 3.10. The second-order valence-corrected chi connectivity index (χ2v) is 4.50. The zero-order valence-corrected chi connectivity index (χ0v) is 9.35. The highest BCUT2D eigenvalue weighted by Crippen LogP contribution is 2.45. The zero-order valence-electron chi connectivity index (χ0n) is 9.35. The summed E-state index contributed by atoms with van der Waals surface area (Å²) in [6.07, 6.45) is 7.14. The van der Waals surface area contributed by atoms with Crippen LogP contribution in [0.4, 0.5) is 5.69 Å². The van der Waals surface area contributed by atoms with Crippen LogP contribution in [0.1, 0.15) is 16.7 Å². The summed E-state index contributed by atoms with van der Waals surface area (Å²) in [5.74, 6) is 0. The Morgan fingerprint density at radius 1 is 1.00 bits per heavy atom. The molecule has 0 saturated carbocycles. The number of fused-ring (bicyclic) bond motifs is 5. The molecule has 1 nitrogen and oxygen atoms in total. The van der Waals surface area contributed by atoms with Crippen LogP contribution in [0.3, 0.4) is 0 Å². The summed E-state index contributed by atoms with van der Waals surface area (Å²) in [5.41, 5.74) is 7.96. The third-order valence-corrected chi connectivity index (χ3v) is 3.44. The highest BCUT2D eigenvalue weighted by atomic mass is 14.7. The van der Waals surface area contributed by atoms with Crippen LogP contribution in [0.2, 0.25) is 0 Å². The fourth-order valence-corrected chi connectivity index (χ4v) is 2.52. The number of nitrogens with zero attached hydrogens (tertiary/aromatic N) is 1. The summed E-state index contributed by atoms with van der Waals surface area (Å²) >= 11 is 0. The van der Waals surface area contributed by atoms with Crippen molar-refractivity contribution < 1.29 is 0 Å². The quantitative estimate of drug-likeness (QED) is 0.540. The molecule has 4 rings (SSSR count). The van der Waals surface area contributed by atoms with Gasteiger partial charge in [0, 0.05) is 11.8 Å². The van der Waals surface area contributed by atoms with E-state index in [-0.39, 0.29) is 0 Å². The first-order valence-corrected chi connectivity index (χ1v) is 5.88. The van der Waals surface area contributed by atoms with Crippen molar-refractivity contribution in [3.63, 3.8) is 0 Å². The van der Waals surface area contributed by atoms with Crippen LogP contribution in [-0.2, 0) is 6.42 Å². The van der Waals surface area contributed by atoms with Gasteiger partial charge in [-0.2, -0.15) is 0 Å². The van der Waals surface area contributed by atoms with Crippen LogP contribution in [0.25, 0.3) is 17.2 Å². The van der Waals surface area contributed by atoms with Crippen LogP contribution >= 0.6 is 0 Å². The molecule has 1 aliphatic carbocycles. The molecule has 80 valence electrons. The van der Waals surface area contributed by atoms with Crippen molar-refractivity contribution in [3.05, 3.63) is 59.2 Å². The van der Waals surface area contributed by atoms with Crippen LogP contribution in [0, 0.1) is 0 Å². The number of rotatable bonds is 0. The summed E-state index contributed by atoms with van der Waals surface area (Å²) in [4.78, 5) is 4.53. The third-order valence-electron chi connectivity index (χ3n) is 3.44. The molecule has 2 aliphatic rings. The van der Waals surface area contributed by atoms with E-state index in [0.717, 1.165) is 12.1 Å². The number of hydrogen-bond donors (Lipinski definition) is 0. The second kappa shape index (κ2) is 3.17. The number of aliphatic imine (C=N–C) groups is 1. The van der Waals surface area contributed by atoms with Gasteiger partial charge in [-0.3, -0.25) is 4.99 Å². The number of benzene rings is 2. The maximum Gasteiger partial charge on any atom is 0.0711 e. The smallest absolute Gasteiger partial charge is 0.0711 e. The van der Waals surface area contributed by atoms with Gasteiger partial charge in [0.15, 0.2) is 0 Å². The Balaban J connectivity index is 2.11. The lowest BCUT2D eigenvalue weighted by Crippen LogP contribution is -1.86. The van der Waals surface area contributed by atoms with E-state index in [9.17, 15) is 0 Å². The largest absolute Gasteiger partial charge is 0.256 e. The van der Waals surface area contributed by atoms with Crippen LogP contribution in [-0.4, -0.2) is 6.21 Å². The molecule has 0 unspecified atom stereocenters. The van der Waals surface area contributed by atoms with Gasteiger partial charge in [-0.1, -0.05) is 36.4 Å².